The first-order valence-electron chi connectivity index (χ1n) is 5.10. The van der Waals surface area contributed by atoms with E-state index in [0.29, 0.717) is 6.42 Å². The quantitative estimate of drug-likeness (QED) is 0.678. The second-order valence-corrected chi connectivity index (χ2v) is 4.43. The van der Waals surface area contributed by atoms with Crippen LogP contribution in [0.2, 0.25) is 0 Å². The average Bonchev–Trinajstić information content (AvgIpc) is 2.04. The van der Waals surface area contributed by atoms with Crippen molar-refractivity contribution >= 4 is 5.97 Å². The van der Waals surface area contributed by atoms with Gasteiger partial charge >= 0.3 is 5.97 Å². The van der Waals surface area contributed by atoms with Crippen molar-refractivity contribution in [1.82, 2.24) is 0 Å². The summed E-state index contributed by atoms with van der Waals surface area (Å²) in [6.07, 6.45) is 4.12. The highest BCUT2D eigenvalue weighted by atomic mass is 16.4. The third-order valence-electron chi connectivity index (χ3n) is 3.37. The standard InChI is InChI=1S/C10H19NO2/c1-9(8-10(12)13)11(2)6-4-3-5-7-11/h9H,3-8H2,1-2H3/p+1. The van der Waals surface area contributed by atoms with E-state index in [2.05, 4.69) is 14.0 Å². The molecule has 0 amide bonds. The fourth-order valence-electron chi connectivity index (χ4n) is 2.15. The molecule has 3 nitrogen and oxygen atoms in total. The third kappa shape index (κ3) is 2.69. The third-order valence-corrected chi connectivity index (χ3v) is 3.37. The van der Waals surface area contributed by atoms with Gasteiger partial charge < -0.3 is 9.59 Å². The van der Waals surface area contributed by atoms with Crippen LogP contribution in [0.25, 0.3) is 0 Å². The Morgan fingerprint density at radius 1 is 1.38 bits per heavy atom. The molecule has 76 valence electrons. The van der Waals surface area contributed by atoms with Gasteiger partial charge in [-0.25, -0.2) is 0 Å². The Balaban J connectivity index is 2.51. The predicted octanol–water partition coefficient (Wildman–Crippen LogP) is 1.48. The van der Waals surface area contributed by atoms with Crippen LogP contribution in [0.15, 0.2) is 0 Å². The summed E-state index contributed by atoms with van der Waals surface area (Å²) in [5.74, 6) is -0.669. The van der Waals surface area contributed by atoms with E-state index in [0.717, 1.165) is 17.6 Å². The lowest BCUT2D eigenvalue weighted by atomic mass is 10.0. The van der Waals surface area contributed by atoms with Crippen LogP contribution in [-0.4, -0.2) is 41.7 Å². The number of aliphatic carboxylic acids is 1. The smallest absolute Gasteiger partial charge is 0.309 e. The fourth-order valence-corrected chi connectivity index (χ4v) is 2.15. The lowest BCUT2D eigenvalue weighted by Gasteiger charge is -2.42. The number of carbonyl (C=O) groups is 1. The maximum absolute atomic E-state index is 10.6. The number of hydrogen-bond donors (Lipinski definition) is 1. The zero-order valence-corrected chi connectivity index (χ0v) is 8.62. The number of likely N-dealkylation sites (tertiary alicyclic amines) is 1. The SMILES string of the molecule is CC(CC(=O)O)[N+]1(C)CCCCC1. The average molecular weight is 186 g/mol. The van der Waals surface area contributed by atoms with Crippen LogP contribution in [0, 0.1) is 0 Å². The Labute approximate surface area is 79.9 Å². The summed E-state index contributed by atoms with van der Waals surface area (Å²) >= 11 is 0. The predicted molar refractivity (Wildman–Crippen MR) is 51.5 cm³/mol. The minimum absolute atomic E-state index is 0.262. The van der Waals surface area contributed by atoms with E-state index < -0.39 is 5.97 Å². The van der Waals surface area contributed by atoms with Crippen LogP contribution in [0.5, 0.6) is 0 Å². The van der Waals surface area contributed by atoms with E-state index >= 15 is 0 Å². The molecular formula is C10H20NO2+. The van der Waals surface area contributed by atoms with Crippen molar-refractivity contribution in [2.45, 2.75) is 38.6 Å². The van der Waals surface area contributed by atoms with Crippen molar-refractivity contribution in [3.8, 4) is 0 Å². The zero-order valence-electron chi connectivity index (χ0n) is 8.62. The maximum Gasteiger partial charge on any atom is 0.309 e. The molecule has 1 aliphatic heterocycles. The zero-order chi connectivity index (χ0) is 9.90. The van der Waals surface area contributed by atoms with Gasteiger partial charge in [0.15, 0.2) is 0 Å². The summed E-state index contributed by atoms with van der Waals surface area (Å²) in [4.78, 5) is 10.6. The molecule has 3 heteroatoms. The normalized spacial score (nSPS) is 23.8. The first-order valence-corrected chi connectivity index (χ1v) is 5.10. The van der Waals surface area contributed by atoms with Crippen LogP contribution in [-0.2, 0) is 4.79 Å². The summed E-state index contributed by atoms with van der Waals surface area (Å²) in [6, 6.07) is 0.262. The molecule has 1 atom stereocenters. The highest BCUT2D eigenvalue weighted by molar-refractivity contribution is 5.67. The van der Waals surface area contributed by atoms with Gasteiger partial charge in [-0.3, -0.25) is 4.79 Å². The van der Waals surface area contributed by atoms with Gasteiger partial charge in [0.25, 0.3) is 0 Å². The Morgan fingerprint density at radius 2 is 1.92 bits per heavy atom. The van der Waals surface area contributed by atoms with Crippen LogP contribution < -0.4 is 0 Å². The van der Waals surface area contributed by atoms with Crippen LogP contribution >= 0.6 is 0 Å². The number of piperidine rings is 1. The number of carboxylic acids is 1. The fraction of sp³-hybridized carbons (Fsp3) is 0.900. The molecule has 1 N–H and O–H groups in total. The van der Waals surface area contributed by atoms with Crippen molar-refractivity contribution in [2.75, 3.05) is 20.1 Å². The molecule has 0 aromatic heterocycles. The maximum atomic E-state index is 10.6. The van der Waals surface area contributed by atoms with Gasteiger partial charge in [0, 0.05) is 0 Å². The molecule has 13 heavy (non-hydrogen) atoms. The van der Waals surface area contributed by atoms with Gasteiger partial charge in [0.2, 0.25) is 0 Å². The van der Waals surface area contributed by atoms with Crippen molar-refractivity contribution < 1.29 is 14.4 Å². The summed E-state index contributed by atoms with van der Waals surface area (Å²) in [7, 11) is 2.19. The number of carboxylic acid groups (broad SMARTS) is 1. The lowest BCUT2D eigenvalue weighted by Crippen LogP contribution is -2.54. The highest BCUT2D eigenvalue weighted by Crippen LogP contribution is 2.21. The van der Waals surface area contributed by atoms with Crippen molar-refractivity contribution in [3.05, 3.63) is 0 Å². The van der Waals surface area contributed by atoms with Crippen molar-refractivity contribution in [2.24, 2.45) is 0 Å². The van der Waals surface area contributed by atoms with E-state index in [1.54, 1.807) is 0 Å². The Morgan fingerprint density at radius 3 is 2.38 bits per heavy atom. The second-order valence-electron chi connectivity index (χ2n) is 4.43. The van der Waals surface area contributed by atoms with E-state index in [9.17, 15) is 4.79 Å². The summed E-state index contributed by atoms with van der Waals surface area (Å²) in [5, 5.41) is 8.72. The first-order chi connectivity index (χ1) is 6.04. The molecule has 0 aromatic rings. The topological polar surface area (TPSA) is 37.3 Å². The van der Waals surface area contributed by atoms with E-state index in [4.69, 9.17) is 5.11 Å². The van der Waals surface area contributed by atoms with Gasteiger partial charge in [-0.2, -0.15) is 0 Å². The lowest BCUT2D eigenvalue weighted by molar-refractivity contribution is -0.935. The molecule has 0 bridgehead atoms. The molecular weight excluding hydrogens is 166 g/mol. The molecule has 1 aliphatic rings. The first kappa shape index (κ1) is 10.5. The summed E-state index contributed by atoms with van der Waals surface area (Å²) in [5.41, 5.74) is 0. The Bertz CT molecular complexity index is 185. The molecule has 1 heterocycles. The Hall–Kier alpha value is -0.570. The number of quaternary nitrogens is 1. The minimum atomic E-state index is -0.669. The second kappa shape index (κ2) is 4.09. The molecule has 0 aliphatic carbocycles. The van der Waals surface area contributed by atoms with Crippen molar-refractivity contribution in [1.29, 1.82) is 0 Å². The summed E-state index contributed by atoms with van der Waals surface area (Å²) in [6.45, 7) is 4.35. The largest absolute Gasteiger partial charge is 0.481 e. The van der Waals surface area contributed by atoms with Gasteiger partial charge in [-0.05, 0) is 26.2 Å². The van der Waals surface area contributed by atoms with Crippen LogP contribution in [0.4, 0.5) is 0 Å². The van der Waals surface area contributed by atoms with E-state index in [1.807, 2.05) is 0 Å². The van der Waals surface area contributed by atoms with E-state index in [-0.39, 0.29) is 6.04 Å². The van der Waals surface area contributed by atoms with E-state index in [1.165, 1.54) is 19.3 Å². The minimum Gasteiger partial charge on any atom is -0.481 e. The molecule has 0 aromatic carbocycles. The number of hydrogen-bond acceptors (Lipinski definition) is 1. The van der Waals surface area contributed by atoms with Crippen LogP contribution in [0.1, 0.15) is 32.6 Å². The molecule has 1 unspecified atom stereocenters. The molecule has 1 rings (SSSR count). The Kier molecular flexibility index (Phi) is 3.31. The molecule has 1 fully saturated rings. The monoisotopic (exact) mass is 186 g/mol. The van der Waals surface area contributed by atoms with Gasteiger partial charge in [-0.15, -0.1) is 0 Å². The number of rotatable bonds is 3. The van der Waals surface area contributed by atoms with Gasteiger partial charge in [0.05, 0.1) is 32.6 Å². The highest BCUT2D eigenvalue weighted by Gasteiger charge is 2.32. The van der Waals surface area contributed by atoms with Crippen molar-refractivity contribution in [3.63, 3.8) is 0 Å². The molecule has 0 spiro atoms. The molecule has 1 saturated heterocycles. The summed E-state index contributed by atoms with van der Waals surface area (Å²) < 4.78 is 0.951. The van der Waals surface area contributed by atoms with Gasteiger partial charge in [0.1, 0.15) is 0 Å². The molecule has 0 radical (unpaired) electrons. The van der Waals surface area contributed by atoms with Gasteiger partial charge in [-0.1, -0.05) is 0 Å². The molecule has 0 saturated carbocycles. The van der Waals surface area contributed by atoms with Crippen LogP contribution in [0.3, 0.4) is 0 Å². The number of nitrogens with zero attached hydrogens (tertiary/aromatic N) is 1.